The van der Waals surface area contributed by atoms with E-state index in [0.717, 1.165) is 6.54 Å². The van der Waals surface area contributed by atoms with Crippen LogP contribution in [0.25, 0.3) is 0 Å². The number of hydrogen-bond acceptors (Lipinski definition) is 2. The predicted octanol–water partition coefficient (Wildman–Crippen LogP) is 2.93. The molecule has 0 atom stereocenters. The van der Waals surface area contributed by atoms with Gasteiger partial charge in [-0.2, -0.15) is 0 Å². The number of likely N-dealkylation sites (N-methyl/N-ethyl adjacent to an activating group) is 1. The van der Waals surface area contributed by atoms with E-state index < -0.39 is 0 Å². The molecular weight excluding hydrogens is 208 g/mol. The van der Waals surface area contributed by atoms with Crippen molar-refractivity contribution < 1.29 is 0 Å². The molecule has 1 aromatic rings. The molecule has 1 aliphatic heterocycles. The van der Waals surface area contributed by atoms with Gasteiger partial charge in [-0.15, -0.1) is 0 Å². The summed E-state index contributed by atoms with van der Waals surface area (Å²) in [5.41, 5.74) is 4.32. The molecule has 0 aliphatic carbocycles. The third kappa shape index (κ3) is 3.47. The first kappa shape index (κ1) is 12.4. The van der Waals surface area contributed by atoms with E-state index in [0.29, 0.717) is 0 Å². The smallest absolute Gasteiger partial charge is 0.0373 e. The van der Waals surface area contributed by atoms with E-state index in [2.05, 4.69) is 42.4 Å². The van der Waals surface area contributed by atoms with E-state index >= 15 is 0 Å². The number of unbranched alkanes of at least 4 members (excludes halogenated alkanes) is 1. The Balaban J connectivity index is 1.83. The summed E-state index contributed by atoms with van der Waals surface area (Å²) in [4.78, 5) is 2.44. The Morgan fingerprint density at radius 3 is 3.00 bits per heavy atom. The van der Waals surface area contributed by atoms with E-state index in [1.807, 2.05) is 0 Å². The van der Waals surface area contributed by atoms with Crippen LogP contribution in [-0.2, 0) is 12.8 Å². The first-order chi connectivity index (χ1) is 8.29. The minimum atomic E-state index is 1.11. The zero-order chi connectivity index (χ0) is 12.1. The standard InChI is InChI=1S/C15H24N2/c1-3-4-10-17(2)11-8-13-5-6-15-14(12-13)7-9-16-15/h5-6,12,16H,3-4,7-11H2,1-2H3. The molecule has 2 heteroatoms. The van der Waals surface area contributed by atoms with Crippen LogP contribution < -0.4 is 5.32 Å². The Kier molecular flexibility index (Phi) is 4.43. The van der Waals surface area contributed by atoms with Crippen molar-refractivity contribution in [2.75, 3.05) is 32.0 Å². The van der Waals surface area contributed by atoms with Gasteiger partial charge in [-0.3, -0.25) is 0 Å². The van der Waals surface area contributed by atoms with E-state index in [1.54, 1.807) is 0 Å². The molecule has 2 rings (SSSR count). The van der Waals surface area contributed by atoms with Gasteiger partial charge in [0.2, 0.25) is 0 Å². The molecule has 0 bridgehead atoms. The van der Waals surface area contributed by atoms with Crippen LogP contribution in [0.2, 0.25) is 0 Å². The molecule has 94 valence electrons. The molecule has 1 N–H and O–H groups in total. The summed E-state index contributed by atoms with van der Waals surface area (Å²) in [5, 5.41) is 3.41. The summed E-state index contributed by atoms with van der Waals surface area (Å²) in [6, 6.07) is 6.89. The van der Waals surface area contributed by atoms with Crippen LogP contribution in [0.3, 0.4) is 0 Å². The zero-order valence-electron chi connectivity index (χ0n) is 11.1. The topological polar surface area (TPSA) is 15.3 Å². The summed E-state index contributed by atoms with van der Waals surface area (Å²) in [5.74, 6) is 0. The highest BCUT2D eigenvalue weighted by Crippen LogP contribution is 2.23. The Bertz CT molecular complexity index is 360. The minimum absolute atomic E-state index is 1.11. The quantitative estimate of drug-likeness (QED) is 0.811. The number of anilines is 1. The first-order valence-electron chi connectivity index (χ1n) is 6.84. The van der Waals surface area contributed by atoms with Crippen LogP contribution in [-0.4, -0.2) is 31.6 Å². The Morgan fingerprint density at radius 1 is 1.29 bits per heavy atom. The highest BCUT2D eigenvalue weighted by Gasteiger charge is 2.09. The van der Waals surface area contributed by atoms with Gasteiger partial charge in [-0.05, 0) is 50.0 Å². The van der Waals surface area contributed by atoms with Crippen molar-refractivity contribution >= 4 is 5.69 Å². The second kappa shape index (κ2) is 6.06. The molecule has 0 unspecified atom stereocenters. The fourth-order valence-electron chi connectivity index (χ4n) is 2.37. The molecule has 0 radical (unpaired) electrons. The van der Waals surface area contributed by atoms with Crippen LogP contribution in [0.1, 0.15) is 30.9 Å². The average Bonchev–Trinajstić information content (AvgIpc) is 2.81. The van der Waals surface area contributed by atoms with Crippen LogP contribution in [0.5, 0.6) is 0 Å². The van der Waals surface area contributed by atoms with Gasteiger partial charge >= 0.3 is 0 Å². The third-order valence-electron chi connectivity index (χ3n) is 3.56. The zero-order valence-corrected chi connectivity index (χ0v) is 11.1. The molecule has 0 aromatic heterocycles. The van der Waals surface area contributed by atoms with Gasteiger partial charge in [0, 0.05) is 18.8 Å². The Hall–Kier alpha value is -1.02. The molecule has 17 heavy (non-hydrogen) atoms. The van der Waals surface area contributed by atoms with Crippen molar-refractivity contribution in [1.29, 1.82) is 0 Å². The van der Waals surface area contributed by atoms with E-state index in [-0.39, 0.29) is 0 Å². The van der Waals surface area contributed by atoms with E-state index in [1.165, 1.54) is 55.6 Å². The van der Waals surface area contributed by atoms with E-state index in [9.17, 15) is 0 Å². The second-order valence-corrected chi connectivity index (χ2v) is 5.08. The Morgan fingerprint density at radius 2 is 2.18 bits per heavy atom. The van der Waals surface area contributed by atoms with Gasteiger partial charge in [0.15, 0.2) is 0 Å². The largest absolute Gasteiger partial charge is 0.384 e. The van der Waals surface area contributed by atoms with Gasteiger partial charge in [0.25, 0.3) is 0 Å². The van der Waals surface area contributed by atoms with Crippen molar-refractivity contribution in [2.45, 2.75) is 32.6 Å². The summed E-state index contributed by atoms with van der Waals surface area (Å²) in [7, 11) is 2.23. The minimum Gasteiger partial charge on any atom is -0.384 e. The lowest BCUT2D eigenvalue weighted by molar-refractivity contribution is 0.332. The lowest BCUT2D eigenvalue weighted by Gasteiger charge is -2.16. The van der Waals surface area contributed by atoms with Gasteiger partial charge in [0.1, 0.15) is 0 Å². The van der Waals surface area contributed by atoms with Crippen LogP contribution in [0, 0.1) is 0 Å². The van der Waals surface area contributed by atoms with Crippen LogP contribution in [0.15, 0.2) is 18.2 Å². The average molecular weight is 232 g/mol. The SMILES string of the molecule is CCCCN(C)CCc1ccc2c(c1)CCN2. The van der Waals surface area contributed by atoms with Crippen molar-refractivity contribution in [1.82, 2.24) is 4.90 Å². The summed E-state index contributed by atoms with van der Waals surface area (Å²) in [6.07, 6.45) is 4.96. The molecule has 0 saturated carbocycles. The summed E-state index contributed by atoms with van der Waals surface area (Å²) < 4.78 is 0. The summed E-state index contributed by atoms with van der Waals surface area (Å²) >= 11 is 0. The third-order valence-corrected chi connectivity index (χ3v) is 3.56. The molecule has 0 fully saturated rings. The van der Waals surface area contributed by atoms with Crippen molar-refractivity contribution in [3.8, 4) is 0 Å². The van der Waals surface area contributed by atoms with E-state index in [4.69, 9.17) is 0 Å². The molecule has 1 aromatic carbocycles. The number of nitrogens with zero attached hydrogens (tertiary/aromatic N) is 1. The number of fused-ring (bicyclic) bond motifs is 1. The molecule has 2 nitrogen and oxygen atoms in total. The molecule has 0 saturated heterocycles. The van der Waals surface area contributed by atoms with Gasteiger partial charge in [0.05, 0.1) is 0 Å². The highest BCUT2D eigenvalue weighted by molar-refractivity contribution is 5.56. The lowest BCUT2D eigenvalue weighted by atomic mass is 10.1. The normalized spacial score (nSPS) is 13.8. The molecule has 1 heterocycles. The first-order valence-corrected chi connectivity index (χ1v) is 6.84. The molecule has 0 amide bonds. The van der Waals surface area contributed by atoms with Crippen LogP contribution >= 0.6 is 0 Å². The lowest BCUT2D eigenvalue weighted by Crippen LogP contribution is -2.22. The number of rotatable bonds is 6. The second-order valence-electron chi connectivity index (χ2n) is 5.08. The highest BCUT2D eigenvalue weighted by atomic mass is 15.1. The van der Waals surface area contributed by atoms with Crippen LogP contribution in [0.4, 0.5) is 5.69 Å². The maximum Gasteiger partial charge on any atom is 0.0373 e. The summed E-state index contributed by atoms with van der Waals surface area (Å²) in [6.45, 7) is 5.76. The molecule has 1 aliphatic rings. The monoisotopic (exact) mass is 232 g/mol. The van der Waals surface area contributed by atoms with Gasteiger partial charge < -0.3 is 10.2 Å². The maximum atomic E-state index is 3.41. The van der Waals surface area contributed by atoms with Gasteiger partial charge in [-0.1, -0.05) is 25.5 Å². The fourth-order valence-corrected chi connectivity index (χ4v) is 2.37. The van der Waals surface area contributed by atoms with Crippen molar-refractivity contribution in [2.24, 2.45) is 0 Å². The number of benzene rings is 1. The number of nitrogens with one attached hydrogen (secondary N) is 1. The Labute approximate surface area is 105 Å². The fraction of sp³-hybridized carbons (Fsp3) is 0.600. The van der Waals surface area contributed by atoms with Crippen molar-refractivity contribution in [3.05, 3.63) is 29.3 Å². The molecule has 0 spiro atoms. The van der Waals surface area contributed by atoms with Gasteiger partial charge in [-0.25, -0.2) is 0 Å². The number of hydrogen-bond donors (Lipinski definition) is 1. The molecular formula is C15H24N2. The predicted molar refractivity (Wildman–Crippen MR) is 74.7 cm³/mol. The van der Waals surface area contributed by atoms with Crippen molar-refractivity contribution in [3.63, 3.8) is 0 Å². The maximum absolute atomic E-state index is 3.41.